The fourth-order valence-corrected chi connectivity index (χ4v) is 1.98. The van der Waals surface area contributed by atoms with E-state index in [1.807, 2.05) is 11.7 Å². The van der Waals surface area contributed by atoms with Gasteiger partial charge in [-0.05, 0) is 25.2 Å². The number of nitrogens with two attached hydrogens (primary N) is 1. The molecule has 1 rings (SSSR count). The SMILES string of the molecule is CCCc1nn(C)c(NCCCC(C)CO)c1N. The highest BCUT2D eigenvalue weighted by Gasteiger charge is 2.11. The van der Waals surface area contributed by atoms with Crippen molar-refractivity contribution in [1.29, 1.82) is 0 Å². The van der Waals surface area contributed by atoms with Gasteiger partial charge in [-0.3, -0.25) is 4.68 Å². The van der Waals surface area contributed by atoms with Gasteiger partial charge in [-0.2, -0.15) is 5.10 Å². The lowest BCUT2D eigenvalue weighted by molar-refractivity contribution is 0.229. The molecule has 0 bridgehead atoms. The monoisotopic (exact) mass is 254 g/mol. The topological polar surface area (TPSA) is 76.1 Å². The molecular formula is C13H26N4O. The van der Waals surface area contributed by atoms with Crippen molar-refractivity contribution in [2.75, 3.05) is 24.2 Å². The summed E-state index contributed by atoms with van der Waals surface area (Å²) in [5, 5.41) is 16.7. The highest BCUT2D eigenvalue weighted by molar-refractivity contribution is 5.64. The number of aliphatic hydroxyl groups is 1. The zero-order valence-corrected chi connectivity index (χ0v) is 11.7. The van der Waals surface area contributed by atoms with Crippen LogP contribution < -0.4 is 11.1 Å². The van der Waals surface area contributed by atoms with Crippen LogP contribution in [-0.2, 0) is 13.5 Å². The Morgan fingerprint density at radius 1 is 1.50 bits per heavy atom. The van der Waals surface area contributed by atoms with Gasteiger partial charge in [0.15, 0.2) is 0 Å². The molecule has 0 aliphatic heterocycles. The summed E-state index contributed by atoms with van der Waals surface area (Å²) in [6, 6.07) is 0. The predicted octanol–water partition coefficient (Wildman–Crippen LogP) is 1.78. The number of aryl methyl sites for hydroxylation is 2. The summed E-state index contributed by atoms with van der Waals surface area (Å²) in [7, 11) is 1.91. The Morgan fingerprint density at radius 3 is 2.83 bits per heavy atom. The van der Waals surface area contributed by atoms with Gasteiger partial charge in [0.2, 0.25) is 0 Å². The van der Waals surface area contributed by atoms with E-state index in [2.05, 4.69) is 24.3 Å². The van der Waals surface area contributed by atoms with Crippen LogP contribution in [0.1, 0.15) is 38.8 Å². The average Bonchev–Trinajstić information content (AvgIpc) is 2.61. The molecule has 0 saturated heterocycles. The van der Waals surface area contributed by atoms with Gasteiger partial charge in [-0.15, -0.1) is 0 Å². The predicted molar refractivity (Wildman–Crippen MR) is 75.6 cm³/mol. The summed E-state index contributed by atoms with van der Waals surface area (Å²) in [6.07, 6.45) is 4.01. The molecule has 1 aromatic rings. The minimum atomic E-state index is 0.258. The second-order valence-corrected chi connectivity index (χ2v) is 4.94. The standard InChI is InChI=1S/C13H26N4O/c1-4-6-11-12(14)13(17(3)16-11)15-8-5-7-10(2)9-18/h10,15,18H,4-9,14H2,1-3H3. The second-order valence-electron chi connectivity index (χ2n) is 4.94. The molecule has 0 radical (unpaired) electrons. The highest BCUT2D eigenvalue weighted by Crippen LogP contribution is 2.23. The van der Waals surface area contributed by atoms with E-state index in [9.17, 15) is 0 Å². The third-order valence-corrected chi connectivity index (χ3v) is 3.12. The molecule has 1 unspecified atom stereocenters. The number of aromatic nitrogens is 2. The van der Waals surface area contributed by atoms with Crippen LogP contribution in [0.4, 0.5) is 11.5 Å². The molecule has 5 heteroatoms. The van der Waals surface area contributed by atoms with Gasteiger partial charge in [-0.25, -0.2) is 0 Å². The van der Waals surface area contributed by atoms with Crippen molar-refractivity contribution in [2.24, 2.45) is 13.0 Å². The van der Waals surface area contributed by atoms with Gasteiger partial charge in [-0.1, -0.05) is 20.3 Å². The van der Waals surface area contributed by atoms with Crippen LogP contribution in [0.25, 0.3) is 0 Å². The first-order valence-corrected chi connectivity index (χ1v) is 6.76. The van der Waals surface area contributed by atoms with Crippen LogP contribution in [0.2, 0.25) is 0 Å². The van der Waals surface area contributed by atoms with Crippen LogP contribution in [-0.4, -0.2) is 28.0 Å². The maximum absolute atomic E-state index is 8.95. The molecule has 1 aromatic heterocycles. The summed E-state index contributed by atoms with van der Waals surface area (Å²) in [5.41, 5.74) is 7.82. The van der Waals surface area contributed by atoms with Crippen molar-refractivity contribution in [1.82, 2.24) is 9.78 Å². The van der Waals surface area contributed by atoms with Gasteiger partial charge in [0.05, 0.1) is 11.4 Å². The normalized spacial score (nSPS) is 12.7. The summed E-state index contributed by atoms with van der Waals surface area (Å²) in [4.78, 5) is 0. The van der Waals surface area contributed by atoms with Crippen molar-refractivity contribution in [3.63, 3.8) is 0 Å². The molecule has 18 heavy (non-hydrogen) atoms. The molecule has 0 fully saturated rings. The molecule has 0 aliphatic rings. The van der Waals surface area contributed by atoms with Crippen LogP contribution in [0.3, 0.4) is 0 Å². The van der Waals surface area contributed by atoms with Crippen LogP contribution >= 0.6 is 0 Å². The number of aliphatic hydroxyl groups excluding tert-OH is 1. The van der Waals surface area contributed by atoms with Gasteiger partial charge in [0.1, 0.15) is 5.82 Å². The number of rotatable bonds is 8. The maximum Gasteiger partial charge on any atom is 0.147 e. The number of nitrogens with zero attached hydrogens (tertiary/aromatic N) is 2. The molecule has 0 saturated carbocycles. The molecule has 0 spiro atoms. The van der Waals surface area contributed by atoms with Gasteiger partial charge in [0.25, 0.3) is 0 Å². The van der Waals surface area contributed by atoms with E-state index >= 15 is 0 Å². The number of nitrogen functional groups attached to an aromatic ring is 1. The van der Waals surface area contributed by atoms with E-state index in [1.165, 1.54) is 0 Å². The second kappa shape index (κ2) is 7.26. The Bertz CT molecular complexity index is 362. The number of anilines is 2. The fraction of sp³-hybridized carbons (Fsp3) is 0.769. The van der Waals surface area contributed by atoms with Crippen molar-refractivity contribution in [2.45, 2.75) is 39.5 Å². The molecule has 104 valence electrons. The molecule has 1 heterocycles. The third-order valence-electron chi connectivity index (χ3n) is 3.12. The molecule has 0 amide bonds. The molecular weight excluding hydrogens is 228 g/mol. The van der Waals surface area contributed by atoms with Crippen LogP contribution in [0, 0.1) is 5.92 Å². The first-order chi connectivity index (χ1) is 8.60. The first-order valence-electron chi connectivity index (χ1n) is 6.76. The van der Waals surface area contributed by atoms with E-state index in [1.54, 1.807) is 0 Å². The Hall–Kier alpha value is -1.23. The summed E-state index contributed by atoms with van der Waals surface area (Å²) >= 11 is 0. The van der Waals surface area contributed by atoms with Crippen molar-refractivity contribution < 1.29 is 5.11 Å². The lowest BCUT2D eigenvalue weighted by atomic mass is 10.1. The molecule has 1 atom stereocenters. The quantitative estimate of drug-likeness (QED) is 0.618. The summed E-state index contributed by atoms with van der Waals surface area (Å²) < 4.78 is 1.82. The largest absolute Gasteiger partial charge is 0.396 e. The van der Waals surface area contributed by atoms with Gasteiger partial charge in [0, 0.05) is 20.2 Å². The fourth-order valence-electron chi connectivity index (χ4n) is 1.98. The molecule has 5 nitrogen and oxygen atoms in total. The van der Waals surface area contributed by atoms with Crippen LogP contribution in [0.5, 0.6) is 0 Å². The smallest absolute Gasteiger partial charge is 0.147 e. The highest BCUT2D eigenvalue weighted by atomic mass is 16.3. The average molecular weight is 254 g/mol. The van der Waals surface area contributed by atoms with E-state index in [-0.39, 0.29) is 6.61 Å². The Labute approximate surface area is 109 Å². The number of hydrogen-bond donors (Lipinski definition) is 3. The van der Waals surface area contributed by atoms with Crippen molar-refractivity contribution in [3.8, 4) is 0 Å². The summed E-state index contributed by atoms with van der Waals surface area (Å²) in [6.45, 7) is 5.30. The number of nitrogens with one attached hydrogen (secondary N) is 1. The summed E-state index contributed by atoms with van der Waals surface area (Å²) in [5.74, 6) is 1.28. The van der Waals surface area contributed by atoms with E-state index in [0.29, 0.717) is 5.92 Å². The number of hydrogen-bond acceptors (Lipinski definition) is 4. The van der Waals surface area contributed by atoms with E-state index in [4.69, 9.17) is 10.8 Å². The lowest BCUT2D eigenvalue weighted by Crippen LogP contribution is -2.10. The van der Waals surface area contributed by atoms with Crippen molar-refractivity contribution >= 4 is 11.5 Å². The minimum absolute atomic E-state index is 0.258. The van der Waals surface area contributed by atoms with Crippen LogP contribution in [0.15, 0.2) is 0 Å². The maximum atomic E-state index is 8.95. The zero-order valence-electron chi connectivity index (χ0n) is 11.7. The Kier molecular flexibility index (Phi) is 5.98. The third kappa shape index (κ3) is 3.91. The first kappa shape index (κ1) is 14.8. The van der Waals surface area contributed by atoms with Crippen molar-refractivity contribution in [3.05, 3.63) is 5.69 Å². The van der Waals surface area contributed by atoms with E-state index < -0.39 is 0 Å². The molecule has 0 aliphatic carbocycles. The zero-order chi connectivity index (χ0) is 13.5. The Morgan fingerprint density at radius 2 is 2.22 bits per heavy atom. The van der Waals surface area contributed by atoms with E-state index in [0.717, 1.165) is 49.4 Å². The lowest BCUT2D eigenvalue weighted by Gasteiger charge is -2.10. The molecule has 4 N–H and O–H groups in total. The van der Waals surface area contributed by atoms with Gasteiger partial charge >= 0.3 is 0 Å². The molecule has 0 aromatic carbocycles. The minimum Gasteiger partial charge on any atom is -0.396 e. The van der Waals surface area contributed by atoms with Gasteiger partial charge < -0.3 is 16.2 Å². The Balaban J connectivity index is 2.47.